The lowest BCUT2D eigenvalue weighted by Crippen LogP contribution is -2.31. The van der Waals surface area contributed by atoms with E-state index < -0.39 is 0 Å². The lowest BCUT2D eigenvalue weighted by atomic mass is 10.2. The smallest absolute Gasteiger partial charge is 0.185 e. The van der Waals surface area contributed by atoms with E-state index in [-0.39, 0.29) is 24.3 Å². The Morgan fingerprint density at radius 1 is 0.800 bits per heavy atom. The molecule has 0 aromatic rings. The molecule has 0 saturated heterocycles. The summed E-state index contributed by atoms with van der Waals surface area (Å²) in [5, 5.41) is 19.3. The van der Waals surface area contributed by atoms with Crippen molar-refractivity contribution in [3.63, 3.8) is 0 Å². The predicted molar refractivity (Wildman–Crippen MR) is 65.5 cm³/mol. The monoisotopic (exact) mass is 236 g/mol. The Balaban J connectivity index is 0. The molecular formula is C8H21ClN6. The Hall–Kier alpha value is -1.17. The average Bonchev–Trinajstić information content (AvgIpc) is 2.08. The van der Waals surface area contributed by atoms with E-state index in [4.69, 9.17) is 22.3 Å². The van der Waals surface area contributed by atoms with Gasteiger partial charge < -0.3 is 22.1 Å². The second kappa shape index (κ2) is 10.9. The third-order valence-electron chi connectivity index (χ3n) is 1.73. The van der Waals surface area contributed by atoms with Gasteiger partial charge in [0, 0.05) is 13.1 Å². The first-order valence-electron chi connectivity index (χ1n) is 4.78. The summed E-state index contributed by atoms with van der Waals surface area (Å²) in [6.45, 7) is 1.52. The number of halogens is 1. The fourth-order valence-corrected chi connectivity index (χ4v) is 1.05. The van der Waals surface area contributed by atoms with E-state index in [2.05, 4.69) is 10.6 Å². The summed E-state index contributed by atoms with van der Waals surface area (Å²) in [6, 6.07) is 0. The predicted octanol–water partition coefficient (Wildman–Crippen LogP) is -0.0653. The van der Waals surface area contributed by atoms with Crippen molar-refractivity contribution in [2.75, 3.05) is 13.1 Å². The molecule has 0 bridgehead atoms. The molecule has 0 aromatic carbocycles. The van der Waals surface area contributed by atoms with Crippen molar-refractivity contribution in [1.82, 2.24) is 10.6 Å². The number of unbranched alkanes of at least 4 members (excludes halogenated alkanes) is 3. The normalized spacial score (nSPS) is 8.80. The largest absolute Gasteiger partial charge is 0.370 e. The van der Waals surface area contributed by atoms with Crippen molar-refractivity contribution in [3.05, 3.63) is 0 Å². The minimum absolute atomic E-state index is 0. The van der Waals surface area contributed by atoms with E-state index in [9.17, 15) is 0 Å². The van der Waals surface area contributed by atoms with Crippen LogP contribution in [0.1, 0.15) is 25.7 Å². The van der Waals surface area contributed by atoms with Crippen molar-refractivity contribution in [2.45, 2.75) is 25.7 Å². The van der Waals surface area contributed by atoms with Crippen LogP contribution in [-0.2, 0) is 0 Å². The van der Waals surface area contributed by atoms with Gasteiger partial charge in [-0.25, -0.2) is 0 Å². The van der Waals surface area contributed by atoms with Gasteiger partial charge in [-0.3, -0.25) is 10.8 Å². The molecule has 0 atom stereocenters. The lowest BCUT2D eigenvalue weighted by Gasteiger charge is -2.04. The first kappa shape index (κ1) is 16.3. The Labute approximate surface area is 96.6 Å². The second-order valence-electron chi connectivity index (χ2n) is 3.10. The van der Waals surface area contributed by atoms with Crippen LogP contribution in [-0.4, -0.2) is 25.0 Å². The van der Waals surface area contributed by atoms with Crippen molar-refractivity contribution in [1.29, 1.82) is 10.8 Å². The number of rotatable bonds is 7. The van der Waals surface area contributed by atoms with Gasteiger partial charge >= 0.3 is 0 Å². The highest BCUT2D eigenvalue weighted by molar-refractivity contribution is 5.85. The molecule has 0 saturated carbocycles. The van der Waals surface area contributed by atoms with Gasteiger partial charge in [0.2, 0.25) is 0 Å². The van der Waals surface area contributed by atoms with Gasteiger partial charge in [-0.15, -0.1) is 12.4 Å². The van der Waals surface area contributed by atoms with Crippen molar-refractivity contribution < 1.29 is 0 Å². The molecule has 0 amide bonds. The molecule has 90 valence electrons. The van der Waals surface area contributed by atoms with E-state index >= 15 is 0 Å². The zero-order chi connectivity index (χ0) is 10.8. The van der Waals surface area contributed by atoms with Gasteiger partial charge in [-0.1, -0.05) is 12.8 Å². The molecule has 0 fully saturated rings. The van der Waals surface area contributed by atoms with Crippen LogP contribution >= 0.6 is 12.4 Å². The zero-order valence-corrected chi connectivity index (χ0v) is 9.62. The molecule has 0 aromatic heterocycles. The van der Waals surface area contributed by atoms with Crippen LogP contribution in [0, 0.1) is 10.8 Å². The molecule has 0 aliphatic rings. The molecular weight excluding hydrogens is 216 g/mol. The number of nitrogens with one attached hydrogen (secondary N) is 4. The molecule has 0 radical (unpaired) electrons. The highest BCUT2D eigenvalue weighted by Crippen LogP contribution is 1.97. The van der Waals surface area contributed by atoms with Crippen LogP contribution < -0.4 is 22.1 Å². The second-order valence-corrected chi connectivity index (χ2v) is 3.10. The molecule has 0 heterocycles. The van der Waals surface area contributed by atoms with Crippen molar-refractivity contribution >= 4 is 24.3 Å². The number of guanidine groups is 2. The molecule has 0 aliphatic carbocycles. The van der Waals surface area contributed by atoms with Crippen molar-refractivity contribution in [2.24, 2.45) is 11.5 Å². The highest BCUT2D eigenvalue weighted by atomic mass is 35.5. The van der Waals surface area contributed by atoms with E-state index in [1.165, 1.54) is 0 Å². The van der Waals surface area contributed by atoms with E-state index in [0.717, 1.165) is 38.8 Å². The summed E-state index contributed by atoms with van der Waals surface area (Å²) < 4.78 is 0. The highest BCUT2D eigenvalue weighted by Gasteiger charge is 1.91. The van der Waals surface area contributed by atoms with Gasteiger partial charge in [-0.2, -0.15) is 0 Å². The van der Waals surface area contributed by atoms with Crippen molar-refractivity contribution in [3.8, 4) is 0 Å². The van der Waals surface area contributed by atoms with Gasteiger partial charge in [0.1, 0.15) is 0 Å². The van der Waals surface area contributed by atoms with Crippen LogP contribution in [0.25, 0.3) is 0 Å². The number of nitrogens with two attached hydrogens (primary N) is 2. The Morgan fingerprint density at radius 3 is 1.40 bits per heavy atom. The van der Waals surface area contributed by atoms with Crippen LogP contribution in [0.2, 0.25) is 0 Å². The molecule has 6 nitrogen and oxygen atoms in total. The van der Waals surface area contributed by atoms with Crippen LogP contribution in [0.3, 0.4) is 0 Å². The third kappa shape index (κ3) is 15.6. The fraction of sp³-hybridized carbons (Fsp3) is 0.750. The summed E-state index contributed by atoms with van der Waals surface area (Å²) in [5.74, 6) is 0.0616. The van der Waals surface area contributed by atoms with Gasteiger partial charge in [0.05, 0.1) is 0 Å². The Kier molecular flexibility index (Phi) is 11.8. The maximum absolute atomic E-state index is 6.91. The van der Waals surface area contributed by atoms with Gasteiger partial charge in [0.25, 0.3) is 0 Å². The summed E-state index contributed by atoms with van der Waals surface area (Å²) >= 11 is 0. The number of hydrogen-bond acceptors (Lipinski definition) is 2. The third-order valence-corrected chi connectivity index (χ3v) is 1.73. The summed E-state index contributed by atoms with van der Waals surface area (Å²) in [5.41, 5.74) is 10.2. The zero-order valence-electron chi connectivity index (χ0n) is 8.81. The molecule has 15 heavy (non-hydrogen) atoms. The lowest BCUT2D eigenvalue weighted by molar-refractivity contribution is 0.621. The Morgan fingerprint density at radius 2 is 1.13 bits per heavy atom. The van der Waals surface area contributed by atoms with Gasteiger partial charge in [0.15, 0.2) is 11.9 Å². The minimum atomic E-state index is 0. The topological polar surface area (TPSA) is 124 Å². The van der Waals surface area contributed by atoms with E-state index in [1.54, 1.807) is 0 Å². The summed E-state index contributed by atoms with van der Waals surface area (Å²) in [6.07, 6.45) is 4.22. The molecule has 0 spiro atoms. The first-order chi connectivity index (χ1) is 6.63. The SMILES string of the molecule is Cl.N=C(N)NCCCCCCNC(=N)N. The average molecular weight is 237 g/mol. The molecule has 8 N–H and O–H groups in total. The maximum atomic E-state index is 6.91. The Bertz CT molecular complexity index is 164. The van der Waals surface area contributed by atoms with Gasteiger partial charge in [-0.05, 0) is 12.8 Å². The molecule has 7 heteroatoms. The van der Waals surface area contributed by atoms with Crippen LogP contribution in [0.5, 0.6) is 0 Å². The maximum Gasteiger partial charge on any atom is 0.185 e. The summed E-state index contributed by atoms with van der Waals surface area (Å²) in [7, 11) is 0. The number of hydrogen-bond donors (Lipinski definition) is 6. The summed E-state index contributed by atoms with van der Waals surface area (Å²) in [4.78, 5) is 0. The molecule has 0 aliphatic heterocycles. The molecule has 0 unspecified atom stereocenters. The molecule has 0 rings (SSSR count). The first-order valence-corrected chi connectivity index (χ1v) is 4.78. The van der Waals surface area contributed by atoms with E-state index in [1.807, 2.05) is 0 Å². The quantitative estimate of drug-likeness (QED) is 0.210. The van der Waals surface area contributed by atoms with Crippen LogP contribution in [0.15, 0.2) is 0 Å². The van der Waals surface area contributed by atoms with Crippen LogP contribution in [0.4, 0.5) is 0 Å². The van der Waals surface area contributed by atoms with E-state index in [0.29, 0.717) is 0 Å². The fourth-order valence-electron chi connectivity index (χ4n) is 1.05. The standard InChI is InChI=1S/C8H20N6.ClH/c9-7(10)13-5-3-1-2-4-6-14-8(11)12;/h1-6H2,(H4,9,10,13)(H4,11,12,14);1H. The minimum Gasteiger partial charge on any atom is -0.370 e.